The van der Waals surface area contributed by atoms with E-state index >= 15 is 0 Å². The second-order valence-corrected chi connectivity index (χ2v) is 6.53. The first-order valence-electron chi connectivity index (χ1n) is 7.79. The van der Waals surface area contributed by atoms with Crippen LogP contribution < -0.4 is 5.32 Å². The second kappa shape index (κ2) is 7.32. The van der Waals surface area contributed by atoms with Gasteiger partial charge in [0.2, 0.25) is 0 Å². The number of fused-ring (bicyclic) bond motifs is 1. The molecule has 5 nitrogen and oxygen atoms in total. The van der Waals surface area contributed by atoms with Gasteiger partial charge >= 0.3 is 0 Å². The van der Waals surface area contributed by atoms with Gasteiger partial charge in [-0.15, -0.1) is 10.2 Å². The average molecular weight is 353 g/mol. The predicted octanol–water partition coefficient (Wildman–Crippen LogP) is 3.28. The topological polar surface area (TPSA) is 59.8 Å². The highest BCUT2D eigenvalue weighted by molar-refractivity contribution is 6.35. The largest absolute Gasteiger partial charge is 0.352 e. The Morgan fingerprint density at radius 3 is 2.70 bits per heavy atom. The van der Waals surface area contributed by atoms with Crippen LogP contribution in [0.15, 0.2) is 18.2 Å². The van der Waals surface area contributed by atoms with Crippen LogP contribution in [0, 0.1) is 0 Å². The fourth-order valence-corrected chi connectivity index (χ4v) is 3.33. The van der Waals surface area contributed by atoms with Crippen LogP contribution >= 0.6 is 23.2 Å². The molecule has 0 atom stereocenters. The summed E-state index contributed by atoms with van der Waals surface area (Å²) in [5, 5.41) is 12.3. The van der Waals surface area contributed by atoms with Crippen LogP contribution in [0.1, 0.15) is 41.3 Å². The molecule has 0 radical (unpaired) electrons. The Bertz CT molecular complexity index is 694. The van der Waals surface area contributed by atoms with Crippen molar-refractivity contribution >= 4 is 29.1 Å². The van der Waals surface area contributed by atoms with E-state index in [9.17, 15) is 4.79 Å². The van der Waals surface area contributed by atoms with Gasteiger partial charge in [0.05, 0.1) is 0 Å². The van der Waals surface area contributed by atoms with Crippen molar-refractivity contribution in [3.8, 4) is 0 Å². The van der Waals surface area contributed by atoms with Gasteiger partial charge in [-0.3, -0.25) is 4.79 Å². The molecule has 3 rings (SSSR count). The third-order valence-corrected chi connectivity index (χ3v) is 4.38. The van der Waals surface area contributed by atoms with Crippen molar-refractivity contribution in [2.75, 3.05) is 6.54 Å². The van der Waals surface area contributed by atoms with Crippen molar-refractivity contribution in [3.05, 3.63) is 45.5 Å². The molecule has 1 aliphatic heterocycles. The molecule has 0 unspecified atom stereocenters. The number of rotatable bonds is 4. The first-order chi connectivity index (χ1) is 11.1. The molecule has 7 heteroatoms. The van der Waals surface area contributed by atoms with Crippen molar-refractivity contribution < 1.29 is 4.79 Å². The second-order valence-electron chi connectivity index (χ2n) is 5.66. The van der Waals surface area contributed by atoms with Crippen LogP contribution in [0.25, 0.3) is 0 Å². The number of nitrogens with one attached hydrogen (secondary N) is 1. The molecule has 2 aromatic rings. The number of benzene rings is 1. The van der Waals surface area contributed by atoms with Gasteiger partial charge in [-0.1, -0.05) is 29.6 Å². The minimum atomic E-state index is -0.190. The van der Waals surface area contributed by atoms with Crippen molar-refractivity contribution in [2.24, 2.45) is 0 Å². The SMILES string of the molecule is O=C(NCCc1nnc2n1CCCCC2)c1cc(Cl)cc(Cl)c1. The summed E-state index contributed by atoms with van der Waals surface area (Å²) < 4.78 is 2.19. The number of aromatic nitrogens is 3. The lowest BCUT2D eigenvalue weighted by molar-refractivity contribution is 0.0954. The molecule has 0 aliphatic carbocycles. The van der Waals surface area contributed by atoms with Crippen LogP contribution in [0.5, 0.6) is 0 Å². The molecule has 0 saturated carbocycles. The van der Waals surface area contributed by atoms with Crippen molar-refractivity contribution in [1.29, 1.82) is 0 Å². The summed E-state index contributed by atoms with van der Waals surface area (Å²) in [7, 11) is 0. The Labute approximate surface area is 145 Å². The van der Waals surface area contributed by atoms with E-state index in [2.05, 4.69) is 20.1 Å². The monoisotopic (exact) mass is 352 g/mol. The summed E-state index contributed by atoms with van der Waals surface area (Å²) in [5.74, 6) is 1.81. The van der Waals surface area contributed by atoms with Gasteiger partial charge in [-0.05, 0) is 31.0 Å². The molecule has 1 amide bonds. The Balaban J connectivity index is 1.59. The molecule has 1 N–H and O–H groups in total. The van der Waals surface area contributed by atoms with E-state index in [0.29, 0.717) is 28.6 Å². The first-order valence-corrected chi connectivity index (χ1v) is 8.54. The molecule has 122 valence electrons. The van der Waals surface area contributed by atoms with Crippen LogP contribution in [0.2, 0.25) is 10.0 Å². The van der Waals surface area contributed by atoms with E-state index in [0.717, 1.165) is 31.0 Å². The summed E-state index contributed by atoms with van der Waals surface area (Å²) in [6.07, 6.45) is 5.21. The number of carbonyl (C=O) groups is 1. The number of hydrogen-bond donors (Lipinski definition) is 1. The molecular weight excluding hydrogens is 335 g/mol. The lowest BCUT2D eigenvalue weighted by atomic mass is 10.2. The van der Waals surface area contributed by atoms with E-state index in [1.807, 2.05) is 0 Å². The maximum atomic E-state index is 12.2. The van der Waals surface area contributed by atoms with E-state index in [1.165, 1.54) is 12.8 Å². The third-order valence-electron chi connectivity index (χ3n) is 3.95. The van der Waals surface area contributed by atoms with Crippen molar-refractivity contribution in [2.45, 2.75) is 38.6 Å². The fraction of sp³-hybridized carbons (Fsp3) is 0.438. The molecule has 0 fully saturated rings. The zero-order chi connectivity index (χ0) is 16.2. The standard InChI is InChI=1S/C16H18Cl2N4O/c17-12-8-11(9-13(18)10-12)16(23)19-6-5-15-21-20-14-4-2-1-3-7-22(14)15/h8-10H,1-7H2,(H,19,23). The van der Waals surface area contributed by atoms with Crippen LogP contribution in [0.4, 0.5) is 0 Å². The van der Waals surface area contributed by atoms with Gasteiger partial charge in [0.1, 0.15) is 11.6 Å². The smallest absolute Gasteiger partial charge is 0.251 e. The molecule has 0 spiro atoms. The third kappa shape index (κ3) is 4.03. The highest BCUT2D eigenvalue weighted by Gasteiger charge is 2.15. The van der Waals surface area contributed by atoms with E-state index in [1.54, 1.807) is 18.2 Å². The van der Waals surface area contributed by atoms with E-state index < -0.39 is 0 Å². The fourth-order valence-electron chi connectivity index (χ4n) is 2.81. The van der Waals surface area contributed by atoms with Crippen LogP contribution in [0.3, 0.4) is 0 Å². The zero-order valence-corrected chi connectivity index (χ0v) is 14.2. The summed E-state index contributed by atoms with van der Waals surface area (Å²) in [6, 6.07) is 4.81. The highest BCUT2D eigenvalue weighted by atomic mass is 35.5. The number of amides is 1. The maximum Gasteiger partial charge on any atom is 0.251 e. The number of hydrogen-bond acceptors (Lipinski definition) is 3. The first kappa shape index (κ1) is 16.3. The van der Waals surface area contributed by atoms with Gasteiger partial charge in [0, 0.05) is 41.5 Å². The molecule has 2 heterocycles. The Morgan fingerprint density at radius 2 is 1.91 bits per heavy atom. The van der Waals surface area contributed by atoms with Gasteiger partial charge in [0.15, 0.2) is 0 Å². The van der Waals surface area contributed by atoms with Gasteiger partial charge in [0.25, 0.3) is 5.91 Å². The lowest BCUT2D eigenvalue weighted by Crippen LogP contribution is -2.26. The molecule has 0 bridgehead atoms. The predicted molar refractivity (Wildman–Crippen MR) is 90.1 cm³/mol. The van der Waals surface area contributed by atoms with E-state index in [-0.39, 0.29) is 5.91 Å². The van der Waals surface area contributed by atoms with E-state index in [4.69, 9.17) is 23.2 Å². The quantitative estimate of drug-likeness (QED) is 0.918. The number of aryl methyl sites for hydroxylation is 1. The number of carbonyl (C=O) groups excluding carboxylic acids is 1. The average Bonchev–Trinajstić information content (AvgIpc) is 2.74. The minimum Gasteiger partial charge on any atom is -0.352 e. The summed E-state index contributed by atoms with van der Waals surface area (Å²) in [4.78, 5) is 12.2. The van der Waals surface area contributed by atoms with Gasteiger partial charge in [-0.2, -0.15) is 0 Å². The Morgan fingerprint density at radius 1 is 1.13 bits per heavy atom. The number of nitrogens with zero attached hydrogens (tertiary/aromatic N) is 3. The van der Waals surface area contributed by atoms with Crippen LogP contribution in [-0.2, 0) is 19.4 Å². The molecule has 23 heavy (non-hydrogen) atoms. The van der Waals surface area contributed by atoms with Crippen molar-refractivity contribution in [3.63, 3.8) is 0 Å². The summed E-state index contributed by atoms with van der Waals surface area (Å²) in [6.45, 7) is 1.47. The molecular formula is C16H18Cl2N4O. The normalized spacial score (nSPS) is 14.2. The minimum absolute atomic E-state index is 0.190. The zero-order valence-electron chi connectivity index (χ0n) is 12.7. The summed E-state index contributed by atoms with van der Waals surface area (Å²) >= 11 is 11.8. The number of halogens is 2. The molecule has 1 aromatic carbocycles. The van der Waals surface area contributed by atoms with Gasteiger partial charge in [-0.25, -0.2) is 0 Å². The Hall–Kier alpha value is -1.59. The summed E-state index contributed by atoms with van der Waals surface area (Å²) in [5.41, 5.74) is 0.461. The van der Waals surface area contributed by atoms with Crippen LogP contribution in [-0.4, -0.2) is 27.2 Å². The highest BCUT2D eigenvalue weighted by Crippen LogP contribution is 2.19. The van der Waals surface area contributed by atoms with Crippen molar-refractivity contribution in [1.82, 2.24) is 20.1 Å². The lowest BCUT2D eigenvalue weighted by Gasteiger charge is -2.08. The maximum absolute atomic E-state index is 12.2. The Kier molecular flexibility index (Phi) is 5.18. The van der Waals surface area contributed by atoms with Gasteiger partial charge < -0.3 is 9.88 Å². The molecule has 0 saturated heterocycles. The molecule has 1 aliphatic rings. The molecule has 1 aromatic heterocycles.